The number of dihydropyridines is 1. The molecule has 0 radical (unpaired) electrons. The molecule has 11 heteroatoms. The summed E-state index contributed by atoms with van der Waals surface area (Å²) in [7, 11) is 5.83. The Kier molecular flexibility index (Phi) is 8.61. The summed E-state index contributed by atoms with van der Waals surface area (Å²) in [5.74, 6) is -0.441. The number of carbonyl (C=O) groups is 2. The van der Waals surface area contributed by atoms with Gasteiger partial charge >= 0.3 is 11.9 Å². The second-order valence-electron chi connectivity index (χ2n) is 8.59. The van der Waals surface area contributed by atoms with Crippen LogP contribution in [0.4, 0.5) is 10.8 Å². The average Bonchev–Trinajstić information content (AvgIpc) is 3.40. The predicted octanol–water partition coefficient (Wildman–Crippen LogP) is 5.91. The Morgan fingerprint density at radius 2 is 1.59 bits per heavy atom. The van der Waals surface area contributed by atoms with E-state index >= 15 is 0 Å². The highest BCUT2D eigenvalue weighted by Crippen LogP contribution is 2.42. The summed E-state index contributed by atoms with van der Waals surface area (Å²) in [5.41, 5.74) is 4.90. The molecule has 0 spiro atoms. The lowest BCUT2D eigenvalue weighted by atomic mass is 9.80. The summed E-state index contributed by atoms with van der Waals surface area (Å²) in [5, 5.41) is 9.03. The Balaban J connectivity index is 1.70. The maximum atomic E-state index is 12.8. The average molecular weight is 615 g/mol. The Hall–Kier alpha value is -3.83. The second kappa shape index (κ2) is 11.9. The minimum Gasteiger partial charge on any atom is -0.496 e. The van der Waals surface area contributed by atoms with Gasteiger partial charge in [-0.3, -0.25) is 0 Å². The van der Waals surface area contributed by atoms with E-state index < -0.39 is 17.9 Å². The van der Waals surface area contributed by atoms with Gasteiger partial charge in [0.25, 0.3) is 0 Å². The molecule has 39 heavy (non-hydrogen) atoms. The molecule has 2 heterocycles. The number of hydrogen-bond acceptors (Lipinski definition) is 10. The summed E-state index contributed by atoms with van der Waals surface area (Å²) < 4.78 is 21.8. The van der Waals surface area contributed by atoms with Crippen molar-refractivity contribution in [1.82, 2.24) is 10.3 Å². The highest BCUT2D eigenvalue weighted by atomic mass is 79.9. The lowest BCUT2D eigenvalue weighted by Gasteiger charge is -2.30. The second-order valence-corrected chi connectivity index (χ2v) is 10.3. The molecule has 0 bridgehead atoms. The summed E-state index contributed by atoms with van der Waals surface area (Å²) in [4.78, 5) is 30.4. The van der Waals surface area contributed by atoms with E-state index in [4.69, 9.17) is 23.9 Å². The molecule has 0 atom stereocenters. The zero-order valence-corrected chi connectivity index (χ0v) is 24.7. The van der Waals surface area contributed by atoms with E-state index in [1.54, 1.807) is 34.1 Å². The highest BCUT2D eigenvalue weighted by molar-refractivity contribution is 9.10. The van der Waals surface area contributed by atoms with Crippen LogP contribution in [0.3, 0.4) is 0 Å². The van der Waals surface area contributed by atoms with Gasteiger partial charge in [0.1, 0.15) is 11.5 Å². The van der Waals surface area contributed by atoms with Crippen molar-refractivity contribution < 1.29 is 28.5 Å². The molecular weight excluding hydrogens is 586 g/mol. The number of allylic oxidation sites excluding steroid dienone is 2. The number of anilines is 2. The van der Waals surface area contributed by atoms with Gasteiger partial charge in [-0.1, -0.05) is 12.1 Å². The third-order valence-electron chi connectivity index (χ3n) is 6.30. The summed E-state index contributed by atoms with van der Waals surface area (Å²) in [6.45, 7) is 3.56. The normalized spacial score (nSPS) is 13.6. The number of ether oxygens (including phenoxy) is 4. The molecule has 9 nitrogen and oxygen atoms in total. The maximum absolute atomic E-state index is 12.8. The van der Waals surface area contributed by atoms with E-state index in [1.807, 2.05) is 35.7 Å². The van der Waals surface area contributed by atoms with Crippen LogP contribution in [-0.4, -0.2) is 45.4 Å². The summed E-state index contributed by atoms with van der Waals surface area (Å²) in [6.07, 6.45) is 0. The van der Waals surface area contributed by atoms with Crippen LogP contribution in [0.1, 0.15) is 25.3 Å². The maximum Gasteiger partial charge on any atom is 0.336 e. The first-order chi connectivity index (χ1) is 18.7. The number of carbonyl (C=O) groups excluding carboxylic acids is 2. The number of esters is 2. The van der Waals surface area contributed by atoms with E-state index in [2.05, 4.69) is 26.6 Å². The fourth-order valence-electron chi connectivity index (χ4n) is 4.52. The lowest BCUT2D eigenvalue weighted by molar-refractivity contribution is -0.137. The molecule has 2 aromatic carbocycles. The van der Waals surface area contributed by atoms with Crippen LogP contribution in [0.25, 0.3) is 11.3 Å². The third kappa shape index (κ3) is 5.64. The fourth-order valence-corrected chi connectivity index (χ4v) is 5.76. The van der Waals surface area contributed by atoms with Crippen LogP contribution in [0.2, 0.25) is 0 Å². The van der Waals surface area contributed by atoms with Gasteiger partial charge in [0.2, 0.25) is 0 Å². The number of methoxy groups -OCH3 is 4. The number of hydrogen-bond donors (Lipinski definition) is 2. The van der Waals surface area contributed by atoms with Crippen molar-refractivity contribution in [3.63, 3.8) is 0 Å². The van der Waals surface area contributed by atoms with Crippen molar-refractivity contribution in [3.8, 4) is 22.8 Å². The molecule has 0 saturated carbocycles. The number of thiazole rings is 1. The molecule has 3 aromatic rings. The van der Waals surface area contributed by atoms with E-state index in [9.17, 15) is 9.59 Å². The number of rotatable bonds is 8. The van der Waals surface area contributed by atoms with Gasteiger partial charge in [-0.25, -0.2) is 14.6 Å². The lowest BCUT2D eigenvalue weighted by Crippen LogP contribution is -2.32. The molecule has 1 aliphatic rings. The van der Waals surface area contributed by atoms with Crippen molar-refractivity contribution in [2.45, 2.75) is 19.8 Å². The van der Waals surface area contributed by atoms with Crippen LogP contribution in [-0.2, 0) is 19.1 Å². The zero-order chi connectivity index (χ0) is 28.3. The molecule has 1 aliphatic heterocycles. The first-order valence-electron chi connectivity index (χ1n) is 11.8. The Morgan fingerprint density at radius 3 is 2.18 bits per heavy atom. The van der Waals surface area contributed by atoms with Crippen molar-refractivity contribution in [2.24, 2.45) is 0 Å². The standard InChI is InChI=1S/C28H28BrN3O6S/c1-14-23(26(33)37-5)25(24(15(2)30-14)27(34)38-6)16-8-7-9-17(10-16)31-28-32-20(13-39-28)18-11-19(29)22(36-4)12-21(18)35-3/h7-13,25,30H,1-6H3,(H,31,32). The molecule has 0 aliphatic carbocycles. The Bertz CT molecular complexity index is 1460. The van der Waals surface area contributed by atoms with Crippen LogP contribution in [0, 0.1) is 0 Å². The smallest absolute Gasteiger partial charge is 0.336 e. The molecule has 0 saturated heterocycles. The van der Waals surface area contributed by atoms with Gasteiger partial charge < -0.3 is 29.6 Å². The van der Waals surface area contributed by atoms with Crippen LogP contribution < -0.4 is 20.1 Å². The number of benzene rings is 2. The molecule has 4 rings (SSSR count). The number of aromatic nitrogens is 1. The summed E-state index contributed by atoms with van der Waals surface area (Å²) >= 11 is 4.96. The van der Waals surface area contributed by atoms with Crippen molar-refractivity contribution in [2.75, 3.05) is 33.8 Å². The van der Waals surface area contributed by atoms with Gasteiger partial charge in [0.15, 0.2) is 5.13 Å². The molecule has 0 fully saturated rings. The molecular formula is C28H28BrN3O6S. The minimum absolute atomic E-state index is 0.342. The third-order valence-corrected chi connectivity index (χ3v) is 7.67. The predicted molar refractivity (Wildman–Crippen MR) is 153 cm³/mol. The number of nitrogens with one attached hydrogen (secondary N) is 2. The fraction of sp³-hybridized carbons (Fsp3) is 0.250. The largest absolute Gasteiger partial charge is 0.496 e. The zero-order valence-electron chi connectivity index (χ0n) is 22.3. The van der Waals surface area contributed by atoms with Crippen LogP contribution >= 0.6 is 27.3 Å². The molecule has 204 valence electrons. The van der Waals surface area contributed by atoms with Gasteiger partial charge in [-0.15, -0.1) is 11.3 Å². The SMILES string of the molecule is COC(=O)C1=C(C)NC(C)=C(C(=O)OC)C1c1cccc(Nc2nc(-c3cc(Br)c(OC)cc3OC)cs2)c1. The number of nitrogens with zero attached hydrogens (tertiary/aromatic N) is 1. The minimum atomic E-state index is -0.680. The first-order valence-corrected chi connectivity index (χ1v) is 13.5. The van der Waals surface area contributed by atoms with Crippen LogP contribution in [0.5, 0.6) is 11.5 Å². The Labute approximate surface area is 239 Å². The molecule has 1 aromatic heterocycles. The van der Waals surface area contributed by atoms with Gasteiger partial charge in [0, 0.05) is 34.1 Å². The van der Waals surface area contributed by atoms with Crippen molar-refractivity contribution >= 4 is 50.0 Å². The number of halogens is 1. The molecule has 2 N–H and O–H groups in total. The van der Waals surface area contributed by atoms with Gasteiger partial charge in [-0.05, 0) is 53.5 Å². The molecule has 0 unspecified atom stereocenters. The summed E-state index contributed by atoms with van der Waals surface area (Å²) in [6, 6.07) is 11.2. The van der Waals surface area contributed by atoms with E-state index in [0.717, 1.165) is 27.0 Å². The highest BCUT2D eigenvalue weighted by Gasteiger charge is 2.37. The molecule has 0 amide bonds. The topological polar surface area (TPSA) is 108 Å². The van der Waals surface area contributed by atoms with Crippen molar-refractivity contribution in [3.05, 3.63) is 74.4 Å². The van der Waals surface area contributed by atoms with Gasteiger partial charge in [0.05, 0.1) is 55.7 Å². The quantitative estimate of drug-likeness (QED) is 0.299. The monoisotopic (exact) mass is 613 g/mol. The van der Waals surface area contributed by atoms with E-state index in [1.165, 1.54) is 25.6 Å². The van der Waals surface area contributed by atoms with Gasteiger partial charge in [-0.2, -0.15) is 0 Å². The van der Waals surface area contributed by atoms with Crippen molar-refractivity contribution in [1.29, 1.82) is 0 Å². The Morgan fingerprint density at radius 1 is 0.949 bits per heavy atom. The first kappa shape index (κ1) is 28.2. The van der Waals surface area contributed by atoms with Crippen LogP contribution in [0.15, 0.2) is 68.8 Å². The van der Waals surface area contributed by atoms with E-state index in [0.29, 0.717) is 39.2 Å². The van der Waals surface area contributed by atoms with E-state index in [-0.39, 0.29) is 0 Å².